The molecule has 0 saturated heterocycles. The molecule has 170 valence electrons. The number of fused-ring (bicyclic) bond motifs is 2. The number of nitrogens with one attached hydrogen (secondary N) is 2. The van der Waals surface area contributed by atoms with Crippen LogP contribution in [0.5, 0.6) is 0 Å². The molecule has 0 fully saturated rings. The molecule has 0 saturated carbocycles. The second-order valence-corrected chi connectivity index (χ2v) is 8.73. The van der Waals surface area contributed by atoms with Gasteiger partial charge in [-0.25, -0.2) is 19.3 Å². The molecule has 4 aromatic heterocycles. The van der Waals surface area contributed by atoms with Crippen LogP contribution in [0.2, 0.25) is 0 Å². The van der Waals surface area contributed by atoms with E-state index in [0.717, 1.165) is 24.9 Å². The Kier molecular flexibility index (Phi) is 5.66. The van der Waals surface area contributed by atoms with Crippen molar-refractivity contribution in [3.63, 3.8) is 0 Å². The molecule has 8 heteroatoms. The van der Waals surface area contributed by atoms with E-state index < -0.39 is 5.82 Å². The number of aromatic amines is 1. The summed E-state index contributed by atoms with van der Waals surface area (Å²) in [6, 6.07) is 1.64. The third kappa shape index (κ3) is 4.01. The van der Waals surface area contributed by atoms with Gasteiger partial charge in [-0.05, 0) is 43.4 Å². The smallest absolute Gasteiger partial charge is 0.166 e. The predicted octanol–water partition coefficient (Wildman–Crippen LogP) is 5.50. The third-order valence-electron chi connectivity index (χ3n) is 6.44. The van der Waals surface area contributed by atoms with E-state index in [2.05, 4.69) is 59.4 Å². The predicted molar refractivity (Wildman–Crippen MR) is 129 cm³/mol. The fourth-order valence-corrected chi connectivity index (χ4v) is 4.35. The van der Waals surface area contributed by atoms with Crippen LogP contribution in [0.1, 0.15) is 62.4 Å². The van der Waals surface area contributed by atoms with Crippen LogP contribution in [0, 0.1) is 5.82 Å². The van der Waals surface area contributed by atoms with E-state index in [9.17, 15) is 4.39 Å². The first-order chi connectivity index (χ1) is 16.0. The number of hydrogen-bond acceptors (Lipinski definition) is 5. The zero-order valence-corrected chi connectivity index (χ0v) is 19.1. The van der Waals surface area contributed by atoms with Crippen molar-refractivity contribution >= 4 is 23.1 Å². The molecule has 1 aliphatic carbocycles. The van der Waals surface area contributed by atoms with Crippen molar-refractivity contribution < 1.29 is 4.39 Å². The summed E-state index contributed by atoms with van der Waals surface area (Å²) in [6.07, 6.45) is 14.0. The molecule has 2 atom stereocenters. The highest BCUT2D eigenvalue weighted by Crippen LogP contribution is 2.31. The Labute approximate surface area is 192 Å². The van der Waals surface area contributed by atoms with Gasteiger partial charge in [-0.15, -0.1) is 0 Å². The first-order valence-corrected chi connectivity index (χ1v) is 11.5. The van der Waals surface area contributed by atoms with E-state index in [1.54, 1.807) is 12.5 Å². The minimum absolute atomic E-state index is 0.233. The van der Waals surface area contributed by atoms with E-state index in [1.165, 1.54) is 29.1 Å². The van der Waals surface area contributed by atoms with Gasteiger partial charge in [-0.1, -0.05) is 26.0 Å². The summed E-state index contributed by atoms with van der Waals surface area (Å²) >= 11 is 0. The molecule has 1 unspecified atom stereocenters. The summed E-state index contributed by atoms with van der Waals surface area (Å²) < 4.78 is 15.9. The summed E-state index contributed by atoms with van der Waals surface area (Å²) in [4.78, 5) is 21.5. The van der Waals surface area contributed by atoms with Crippen molar-refractivity contribution in [2.24, 2.45) is 0 Å². The quantitative estimate of drug-likeness (QED) is 0.392. The molecule has 0 spiro atoms. The SMILES string of the molecule is CC[C@H](C)n1cnc2c(NCCc3c[nH]c4c3C=CCC4C)nc(-c3cncc(F)c3)nc21. The Balaban J connectivity index is 1.47. The average Bonchev–Trinajstić information content (AvgIpc) is 3.44. The standard InChI is InChI=1S/C25H28FN7/c1-4-16(3)33-14-30-22-24(31-23(32-25(22)33)18-10-19(26)13-27-11-18)28-9-8-17-12-29-21-15(2)6-5-7-20(17)21/h5,7,10-16,29H,4,6,8-9H2,1-3H3,(H,28,31,32)/t15?,16-/m0/s1. The molecule has 1 aliphatic rings. The van der Waals surface area contributed by atoms with Gasteiger partial charge in [0.25, 0.3) is 0 Å². The highest BCUT2D eigenvalue weighted by atomic mass is 19.1. The summed E-state index contributed by atoms with van der Waals surface area (Å²) in [5, 5.41) is 3.46. The number of aromatic nitrogens is 6. The van der Waals surface area contributed by atoms with E-state index in [1.807, 2.05) is 4.57 Å². The monoisotopic (exact) mass is 445 g/mol. The van der Waals surface area contributed by atoms with Gasteiger partial charge < -0.3 is 14.9 Å². The highest BCUT2D eigenvalue weighted by Gasteiger charge is 2.19. The minimum atomic E-state index is -0.416. The number of hydrogen-bond donors (Lipinski definition) is 2. The highest BCUT2D eigenvalue weighted by molar-refractivity contribution is 5.85. The van der Waals surface area contributed by atoms with Crippen molar-refractivity contribution in [2.45, 2.75) is 52.0 Å². The van der Waals surface area contributed by atoms with Crippen molar-refractivity contribution in [1.29, 1.82) is 0 Å². The molecular weight excluding hydrogens is 417 g/mol. The lowest BCUT2D eigenvalue weighted by atomic mass is 9.92. The van der Waals surface area contributed by atoms with E-state index in [-0.39, 0.29) is 6.04 Å². The van der Waals surface area contributed by atoms with Gasteiger partial charge in [-0.3, -0.25) is 4.98 Å². The number of allylic oxidation sites excluding steroid dienone is 1. The zero-order chi connectivity index (χ0) is 22.9. The molecule has 33 heavy (non-hydrogen) atoms. The third-order valence-corrected chi connectivity index (χ3v) is 6.44. The number of halogens is 1. The molecule has 7 nitrogen and oxygen atoms in total. The number of imidazole rings is 1. The Morgan fingerprint density at radius 1 is 1.30 bits per heavy atom. The Bertz CT molecular complexity index is 1320. The lowest BCUT2D eigenvalue weighted by Gasteiger charge is -2.15. The van der Waals surface area contributed by atoms with Gasteiger partial charge in [0, 0.05) is 42.2 Å². The van der Waals surface area contributed by atoms with Crippen LogP contribution in [0.3, 0.4) is 0 Å². The van der Waals surface area contributed by atoms with E-state index in [0.29, 0.717) is 35.2 Å². The van der Waals surface area contributed by atoms with E-state index in [4.69, 9.17) is 9.97 Å². The van der Waals surface area contributed by atoms with Crippen molar-refractivity contribution in [3.05, 3.63) is 59.7 Å². The van der Waals surface area contributed by atoms with E-state index >= 15 is 0 Å². The molecule has 0 aromatic carbocycles. The van der Waals surface area contributed by atoms with Crippen LogP contribution in [-0.2, 0) is 6.42 Å². The summed E-state index contributed by atoms with van der Waals surface area (Å²) in [5.74, 6) is 1.17. The van der Waals surface area contributed by atoms with Gasteiger partial charge in [0.15, 0.2) is 17.3 Å². The maximum Gasteiger partial charge on any atom is 0.166 e. The van der Waals surface area contributed by atoms with Gasteiger partial charge in [-0.2, -0.15) is 0 Å². The Hall–Kier alpha value is -3.55. The molecule has 0 amide bonds. The lowest BCUT2D eigenvalue weighted by Crippen LogP contribution is -2.10. The second-order valence-electron chi connectivity index (χ2n) is 8.73. The van der Waals surface area contributed by atoms with Gasteiger partial charge >= 0.3 is 0 Å². The zero-order valence-electron chi connectivity index (χ0n) is 19.1. The molecule has 2 N–H and O–H groups in total. The van der Waals surface area contributed by atoms with Crippen molar-refractivity contribution in [3.8, 4) is 11.4 Å². The molecule has 5 rings (SSSR count). The minimum Gasteiger partial charge on any atom is -0.368 e. The van der Waals surface area contributed by atoms with Crippen molar-refractivity contribution in [1.82, 2.24) is 29.5 Å². The van der Waals surface area contributed by atoms with Crippen LogP contribution in [-0.4, -0.2) is 36.0 Å². The van der Waals surface area contributed by atoms with Crippen LogP contribution < -0.4 is 5.32 Å². The molecular formula is C25H28FN7. The summed E-state index contributed by atoms with van der Waals surface area (Å²) in [7, 11) is 0. The van der Waals surface area contributed by atoms with Gasteiger partial charge in [0.1, 0.15) is 11.3 Å². The number of rotatable bonds is 7. The van der Waals surface area contributed by atoms with Crippen LogP contribution in [0.25, 0.3) is 28.6 Å². The normalized spacial score (nSPS) is 16.2. The second kappa shape index (κ2) is 8.77. The maximum atomic E-state index is 13.8. The number of anilines is 1. The maximum absolute atomic E-state index is 13.8. The summed E-state index contributed by atoms with van der Waals surface area (Å²) in [5.41, 5.74) is 5.88. The first kappa shape index (κ1) is 21.3. The molecule has 4 heterocycles. The van der Waals surface area contributed by atoms with Crippen LogP contribution >= 0.6 is 0 Å². The van der Waals surface area contributed by atoms with Crippen molar-refractivity contribution in [2.75, 3.05) is 11.9 Å². The fraction of sp³-hybridized carbons (Fsp3) is 0.360. The summed E-state index contributed by atoms with van der Waals surface area (Å²) in [6.45, 7) is 7.19. The number of pyridine rings is 1. The average molecular weight is 446 g/mol. The topological polar surface area (TPSA) is 84.3 Å². The van der Waals surface area contributed by atoms with Gasteiger partial charge in [0.2, 0.25) is 0 Å². The molecule has 4 aromatic rings. The molecule has 0 bridgehead atoms. The fourth-order valence-electron chi connectivity index (χ4n) is 4.35. The van der Waals surface area contributed by atoms with Crippen LogP contribution in [0.15, 0.2) is 37.1 Å². The van der Waals surface area contributed by atoms with Crippen LogP contribution in [0.4, 0.5) is 10.2 Å². The largest absolute Gasteiger partial charge is 0.368 e. The Morgan fingerprint density at radius 3 is 3.00 bits per heavy atom. The molecule has 0 radical (unpaired) electrons. The van der Waals surface area contributed by atoms with Gasteiger partial charge in [0.05, 0.1) is 12.5 Å². The number of nitrogens with zero attached hydrogens (tertiary/aromatic N) is 5. The molecule has 0 aliphatic heterocycles. The first-order valence-electron chi connectivity index (χ1n) is 11.5. The number of H-pyrrole nitrogens is 1. The Morgan fingerprint density at radius 2 is 2.18 bits per heavy atom. The lowest BCUT2D eigenvalue weighted by molar-refractivity contribution is 0.541.